The fourth-order valence-electron chi connectivity index (χ4n) is 5.19. The van der Waals surface area contributed by atoms with Gasteiger partial charge in [-0.2, -0.15) is 5.10 Å². The van der Waals surface area contributed by atoms with Crippen molar-refractivity contribution in [1.29, 1.82) is 0 Å². The van der Waals surface area contributed by atoms with E-state index in [1.165, 1.54) is 0 Å². The highest BCUT2D eigenvalue weighted by Gasteiger charge is 2.28. The maximum atomic E-state index is 13.1. The average molecular weight is 514 g/mol. The number of hydrogen-bond donors (Lipinski definition) is 4. The molecule has 0 radical (unpaired) electrons. The predicted octanol–water partition coefficient (Wildman–Crippen LogP) is 3.19. The van der Waals surface area contributed by atoms with Crippen LogP contribution in [0.2, 0.25) is 0 Å². The third-order valence-corrected chi connectivity index (χ3v) is 7.68. The molecule has 9 nitrogen and oxygen atoms in total. The molecule has 1 atom stereocenters. The lowest BCUT2D eigenvalue weighted by Crippen LogP contribution is -2.47. The average Bonchev–Trinajstić information content (AvgIpc) is 3.55. The van der Waals surface area contributed by atoms with Crippen molar-refractivity contribution in [3.05, 3.63) is 71.5 Å². The van der Waals surface area contributed by atoms with Crippen molar-refractivity contribution in [3.63, 3.8) is 0 Å². The molecule has 0 unspecified atom stereocenters. The van der Waals surface area contributed by atoms with Crippen molar-refractivity contribution in [2.45, 2.75) is 44.7 Å². The van der Waals surface area contributed by atoms with E-state index in [1.54, 1.807) is 42.8 Å². The summed E-state index contributed by atoms with van der Waals surface area (Å²) >= 11 is 0. The van der Waals surface area contributed by atoms with E-state index in [2.05, 4.69) is 38.5 Å². The third-order valence-electron chi connectivity index (χ3n) is 7.68. The Kier molecular flexibility index (Phi) is 6.71. The molecule has 0 saturated carbocycles. The minimum absolute atomic E-state index is 0.0129. The molecule has 2 aromatic carbocycles. The summed E-state index contributed by atoms with van der Waals surface area (Å²) in [6, 6.07) is 13.5. The van der Waals surface area contributed by atoms with Crippen LogP contribution in [0.3, 0.4) is 0 Å². The van der Waals surface area contributed by atoms with Gasteiger partial charge in [0.15, 0.2) is 0 Å². The maximum Gasteiger partial charge on any atom is 0.251 e. The van der Waals surface area contributed by atoms with Crippen molar-refractivity contribution in [1.82, 2.24) is 20.1 Å². The summed E-state index contributed by atoms with van der Waals surface area (Å²) in [6.45, 7) is 5.62. The van der Waals surface area contributed by atoms with Gasteiger partial charge in [-0.3, -0.25) is 14.3 Å². The highest BCUT2D eigenvalue weighted by Crippen LogP contribution is 2.34. The number of primary amides is 1. The Morgan fingerprint density at radius 1 is 1.18 bits per heavy atom. The van der Waals surface area contributed by atoms with Gasteiger partial charge in [-0.15, -0.1) is 0 Å². The van der Waals surface area contributed by atoms with Gasteiger partial charge < -0.3 is 26.7 Å². The number of fused-ring (bicyclic) bond motifs is 1. The molecule has 0 spiro atoms. The number of nitrogens with two attached hydrogens (primary N) is 2. The van der Waals surface area contributed by atoms with E-state index in [4.69, 9.17) is 11.5 Å². The zero-order valence-corrected chi connectivity index (χ0v) is 22.1. The number of amides is 2. The van der Waals surface area contributed by atoms with Crippen LogP contribution >= 0.6 is 0 Å². The van der Waals surface area contributed by atoms with Crippen LogP contribution in [0.15, 0.2) is 54.9 Å². The van der Waals surface area contributed by atoms with Crippen molar-refractivity contribution < 1.29 is 9.59 Å². The first-order chi connectivity index (χ1) is 18.2. The number of piperidine rings is 1. The minimum Gasteiger partial charge on any atom is -0.369 e. The molecule has 5 rings (SSSR count). The SMILES string of the molecule is Cn1cc(-c2cc3c(N4CCC[C@@H](NC(=O)c5ccc(C(C)(C)C(N)=O)cc5)C4)ccc(CN)c3[nH]2)cn1. The lowest BCUT2D eigenvalue weighted by Gasteiger charge is -2.35. The third kappa shape index (κ3) is 4.77. The summed E-state index contributed by atoms with van der Waals surface area (Å²) < 4.78 is 1.79. The summed E-state index contributed by atoms with van der Waals surface area (Å²) in [5.41, 5.74) is 17.4. The van der Waals surface area contributed by atoms with E-state index in [0.29, 0.717) is 18.7 Å². The van der Waals surface area contributed by atoms with Crippen LogP contribution in [0.4, 0.5) is 5.69 Å². The number of anilines is 1. The molecule has 4 aromatic rings. The van der Waals surface area contributed by atoms with Crippen LogP contribution in [-0.4, -0.2) is 45.7 Å². The molecule has 0 aliphatic carbocycles. The molecule has 3 heterocycles. The monoisotopic (exact) mass is 513 g/mol. The number of nitrogens with zero attached hydrogens (tertiary/aromatic N) is 3. The topological polar surface area (TPSA) is 135 Å². The Labute approximate surface area is 222 Å². The van der Waals surface area contributed by atoms with Gasteiger partial charge in [0, 0.05) is 66.8 Å². The first kappa shape index (κ1) is 25.5. The van der Waals surface area contributed by atoms with Crippen LogP contribution in [0, 0.1) is 0 Å². The first-order valence-corrected chi connectivity index (χ1v) is 13.0. The molecule has 2 amide bonds. The van der Waals surface area contributed by atoms with Crippen LogP contribution in [0.25, 0.3) is 22.2 Å². The number of H-pyrrole nitrogens is 1. The summed E-state index contributed by atoms with van der Waals surface area (Å²) in [7, 11) is 1.90. The van der Waals surface area contributed by atoms with Gasteiger partial charge >= 0.3 is 0 Å². The molecule has 1 saturated heterocycles. The summed E-state index contributed by atoms with van der Waals surface area (Å²) in [6.07, 6.45) is 5.71. The van der Waals surface area contributed by atoms with E-state index >= 15 is 0 Å². The van der Waals surface area contributed by atoms with Gasteiger partial charge in [0.25, 0.3) is 5.91 Å². The number of carbonyl (C=O) groups is 2. The smallest absolute Gasteiger partial charge is 0.251 e. The molecular weight excluding hydrogens is 478 g/mol. The normalized spacial score (nSPS) is 16.1. The zero-order valence-electron chi connectivity index (χ0n) is 22.1. The standard InChI is InChI=1S/C29H35N7O2/c1-29(2,28(31)38)21-9-6-18(7-10-21)27(37)33-22-5-4-12-36(17-22)25-11-8-19(14-30)26-23(25)13-24(34-26)20-15-32-35(3)16-20/h6-11,13,15-16,22,34H,4-5,12,14,17,30H2,1-3H3,(H2,31,38)(H,33,37)/t22-/m1/s1. The fraction of sp³-hybridized carbons (Fsp3) is 0.345. The summed E-state index contributed by atoms with van der Waals surface area (Å²) in [5.74, 6) is -0.523. The molecule has 1 fully saturated rings. The lowest BCUT2D eigenvalue weighted by atomic mass is 9.83. The van der Waals surface area contributed by atoms with Gasteiger partial charge in [-0.1, -0.05) is 18.2 Å². The van der Waals surface area contributed by atoms with Gasteiger partial charge in [-0.25, -0.2) is 0 Å². The van der Waals surface area contributed by atoms with Crippen molar-refractivity contribution in [2.24, 2.45) is 18.5 Å². The van der Waals surface area contributed by atoms with Crippen LogP contribution in [0.1, 0.15) is 48.2 Å². The highest BCUT2D eigenvalue weighted by atomic mass is 16.2. The number of rotatable bonds is 7. The summed E-state index contributed by atoms with van der Waals surface area (Å²) in [5, 5.41) is 8.63. The Balaban J connectivity index is 1.35. The minimum atomic E-state index is -0.793. The van der Waals surface area contributed by atoms with Crippen LogP contribution < -0.4 is 21.7 Å². The second-order valence-corrected chi connectivity index (χ2v) is 10.6. The van der Waals surface area contributed by atoms with Gasteiger partial charge in [0.05, 0.1) is 17.1 Å². The number of aromatic nitrogens is 3. The molecular formula is C29H35N7O2. The van der Waals surface area contributed by atoms with Crippen molar-refractivity contribution >= 4 is 28.4 Å². The zero-order chi connectivity index (χ0) is 27.0. The Morgan fingerprint density at radius 2 is 1.95 bits per heavy atom. The summed E-state index contributed by atoms with van der Waals surface area (Å²) in [4.78, 5) is 30.7. The quantitative estimate of drug-likeness (QED) is 0.301. The first-order valence-electron chi connectivity index (χ1n) is 13.0. The molecule has 1 aliphatic rings. The second-order valence-electron chi connectivity index (χ2n) is 10.6. The number of aromatic amines is 1. The van der Waals surface area contributed by atoms with Crippen LogP contribution in [0.5, 0.6) is 0 Å². The fourth-order valence-corrected chi connectivity index (χ4v) is 5.19. The lowest BCUT2D eigenvalue weighted by molar-refractivity contribution is -0.122. The van der Waals surface area contributed by atoms with Crippen molar-refractivity contribution in [3.8, 4) is 11.3 Å². The number of hydrogen-bond acceptors (Lipinski definition) is 5. The van der Waals surface area contributed by atoms with Gasteiger partial charge in [0.1, 0.15) is 0 Å². The van der Waals surface area contributed by atoms with E-state index in [1.807, 2.05) is 19.4 Å². The Hall–Kier alpha value is -4.11. The number of benzene rings is 2. The molecule has 1 aliphatic heterocycles. The van der Waals surface area contributed by atoms with Gasteiger partial charge in [0.2, 0.25) is 5.91 Å². The molecule has 2 aromatic heterocycles. The van der Waals surface area contributed by atoms with E-state index in [-0.39, 0.29) is 11.9 Å². The number of aryl methyl sites for hydroxylation is 1. The van der Waals surface area contributed by atoms with E-state index in [9.17, 15) is 9.59 Å². The molecule has 198 valence electrons. The highest BCUT2D eigenvalue weighted by molar-refractivity contribution is 5.98. The van der Waals surface area contributed by atoms with Crippen molar-refractivity contribution in [2.75, 3.05) is 18.0 Å². The van der Waals surface area contributed by atoms with Gasteiger partial charge in [-0.05, 0) is 62.1 Å². The second kappa shape index (κ2) is 9.98. The Morgan fingerprint density at radius 3 is 2.61 bits per heavy atom. The molecule has 0 bridgehead atoms. The van der Waals surface area contributed by atoms with E-state index in [0.717, 1.165) is 58.4 Å². The molecule has 38 heavy (non-hydrogen) atoms. The maximum absolute atomic E-state index is 13.1. The van der Waals surface area contributed by atoms with E-state index < -0.39 is 11.3 Å². The molecule has 9 heteroatoms. The number of carbonyl (C=O) groups excluding carboxylic acids is 2. The number of nitrogens with one attached hydrogen (secondary N) is 2. The van der Waals surface area contributed by atoms with Crippen LogP contribution in [-0.2, 0) is 23.8 Å². The Bertz CT molecular complexity index is 1480. The predicted molar refractivity (Wildman–Crippen MR) is 150 cm³/mol. The molecule has 6 N–H and O–H groups in total. The largest absolute Gasteiger partial charge is 0.369 e.